The first-order valence-corrected chi connectivity index (χ1v) is 12.8. The number of para-hydroxylation sites is 1. The number of methoxy groups -OCH3 is 2. The minimum atomic E-state index is -0.260. The molecule has 0 fully saturated rings. The zero-order valence-corrected chi connectivity index (χ0v) is 22.4. The molecule has 0 bridgehead atoms. The summed E-state index contributed by atoms with van der Waals surface area (Å²) >= 11 is 0. The van der Waals surface area contributed by atoms with Crippen LogP contribution in [0.2, 0.25) is 0 Å². The molecule has 0 saturated heterocycles. The normalized spacial score (nSPS) is 11.0. The second-order valence-electron chi connectivity index (χ2n) is 9.50. The van der Waals surface area contributed by atoms with Gasteiger partial charge in [0.25, 0.3) is 5.91 Å². The average Bonchev–Trinajstić information content (AvgIpc) is 3.36. The summed E-state index contributed by atoms with van der Waals surface area (Å²) in [7, 11) is 3.08. The molecule has 198 valence electrons. The van der Waals surface area contributed by atoms with Gasteiger partial charge in [-0.25, -0.2) is 0 Å². The Kier molecular flexibility index (Phi) is 8.69. The fraction of sp³-hybridized carbons (Fsp3) is 0.290. The molecule has 7 nitrogen and oxygen atoms in total. The van der Waals surface area contributed by atoms with Crippen molar-refractivity contribution in [1.82, 2.24) is 14.8 Å². The van der Waals surface area contributed by atoms with Crippen LogP contribution in [-0.2, 0) is 17.8 Å². The summed E-state index contributed by atoms with van der Waals surface area (Å²) in [5.74, 6) is 0.636. The van der Waals surface area contributed by atoms with Gasteiger partial charge in [0.05, 0.1) is 19.8 Å². The van der Waals surface area contributed by atoms with Gasteiger partial charge in [0.15, 0.2) is 0 Å². The van der Waals surface area contributed by atoms with E-state index in [1.807, 2.05) is 73.5 Å². The van der Waals surface area contributed by atoms with E-state index in [4.69, 9.17) is 9.47 Å². The summed E-state index contributed by atoms with van der Waals surface area (Å²) in [5.41, 5.74) is 3.67. The van der Waals surface area contributed by atoms with Crippen molar-refractivity contribution < 1.29 is 19.1 Å². The van der Waals surface area contributed by atoms with E-state index in [-0.39, 0.29) is 24.4 Å². The Morgan fingerprint density at radius 2 is 1.66 bits per heavy atom. The maximum atomic E-state index is 13.7. The highest BCUT2D eigenvalue weighted by molar-refractivity contribution is 5.99. The summed E-state index contributed by atoms with van der Waals surface area (Å²) in [5, 5.41) is 1.16. The molecule has 0 aliphatic rings. The molecule has 4 rings (SSSR count). The second kappa shape index (κ2) is 12.3. The van der Waals surface area contributed by atoms with Crippen molar-refractivity contribution in [2.45, 2.75) is 32.9 Å². The molecule has 0 aliphatic carbocycles. The summed E-state index contributed by atoms with van der Waals surface area (Å²) in [6, 6.07) is 23.0. The molecule has 4 aromatic rings. The minimum Gasteiger partial charge on any atom is -0.497 e. The van der Waals surface area contributed by atoms with Crippen LogP contribution in [0.1, 0.15) is 35.3 Å². The Balaban J connectivity index is 1.56. The van der Waals surface area contributed by atoms with E-state index in [9.17, 15) is 9.59 Å². The van der Waals surface area contributed by atoms with Gasteiger partial charge in [-0.1, -0.05) is 48.5 Å². The number of carbonyl (C=O) groups is 2. The van der Waals surface area contributed by atoms with E-state index >= 15 is 0 Å². The highest BCUT2D eigenvalue weighted by Gasteiger charge is 2.27. The van der Waals surface area contributed by atoms with Crippen LogP contribution in [0.15, 0.2) is 79.0 Å². The predicted octanol–water partition coefficient (Wildman–Crippen LogP) is 5.31. The largest absolute Gasteiger partial charge is 0.497 e. The van der Waals surface area contributed by atoms with Crippen LogP contribution < -0.4 is 9.47 Å². The third-order valence-corrected chi connectivity index (χ3v) is 6.72. The van der Waals surface area contributed by atoms with Crippen molar-refractivity contribution in [2.24, 2.45) is 0 Å². The van der Waals surface area contributed by atoms with E-state index in [0.29, 0.717) is 36.6 Å². The van der Waals surface area contributed by atoms with Gasteiger partial charge < -0.3 is 24.3 Å². The topological polar surface area (TPSA) is 74.9 Å². The van der Waals surface area contributed by atoms with Gasteiger partial charge in [-0.15, -0.1) is 0 Å². The van der Waals surface area contributed by atoms with E-state index in [1.54, 1.807) is 30.2 Å². The van der Waals surface area contributed by atoms with E-state index in [1.165, 1.54) is 7.11 Å². The van der Waals surface area contributed by atoms with Gasteiger partial charge in [0, 0.05) is 42.3 Å². The number of rotatable bonds is 11. The highest BCUT2D eigenvalue weighted by atomic mass is 16.5. The van der Waals surface area contributed by atoms with Crippen molar-refractivity contribution >= 4 is 22.7 Å². The molecular formula is C31H35N3O4. The molecule has 0 spiro atoms. The number of aromatic nitrogens is 1. The summed E-state index contributed by atoms with van der Waals surface area (Å²) in [6.07, 6.45) is 2.71. The fourth-order valence-corrected chi connectivity index (χ4v) is 4.55. The van der Waals surface area contributed by atoms with Gasteiger partial charge in [-0.05, 0) is 49.6 Å². The molecule has 0 saturated carbocycles. The first kappa shape index (κ1) is 26.8. The Bertz CT molecular complexity index is 1380. The van der Waals surface area contributed by atoms with Crippen LogP contribution in [0, 0.1) is 0 Å². The number of nitrogens with one attached hydrogen (secondary N) is 1. The number of aromatic amines is 1. The van der Waals surface area contributed by atoms with Crippen molar-refractivity contribution in [3.8, 4) is 11.5 Å². The smallest absolute Gasteiger partial charge is 0.258 e. The zero-order valence-electron chi connectivity index (χ0n) is 22.4. The van der Waals surface area contributed by atoms with Crippen LogP contribution in [0.4, 0.5) is 0 Å². The number of nitrogens with zero attached hydrogens (tertiary/aromatic N) is 2. The Morgan fingerprint density at radius 3 is 2.37 bits per heavy atom. The Morgan fingerprint density at radius 1 is 0.921 bits per heavy atom. The summed E-state index contributed by atoms with van der Waals surface area (Å²) in [6.45, 7) is 4.78. The maximum absolute atomic E-state index is 13.7. The molecule has 0 atom stereocenters. The number of fused-ring (bicyclic) bond motifs is 1. The molecule has 0 radical (unpaired) electrons. The molecule has 1 heterocycles. The zero-order chi connectivity index (χ0) is 27.1. The molecule has 3 aromatic carbocycles. The Labute approximate surface area is 224 Å². The highest BCUT2D eigenvalue weighted by Crippen LogP contribution is 2.26. The molecule has 2 amide bonds. The molecule has 38 heavy (non-hydrogen) atoms. The second-order valence-corrected chi connectivity index (χ2v) is 9.50. The summed E-state index contributed by atoms with van der Waals surface area (Å²) in [4.78, 5) is 34.1. The van der Waals surface area contributed by atoms with Crippen LogP contribution in [0.3, 0.4) is 0 Å². The average molecular weight is 514 g/mol. The molecular weight excluding hydrogens is 478 g/mol. The first-order valence-electron chi connectivity index (χ1n) is 12.8. The Hall–Kier alpha value is -4.26. The minimum absolute atomic E-state index is 0.0353. The quantitative estimate of drug-likeness (QED) is 0.295. The number of benzene rings is 3. The van der Waals surface area contributed by atoms with Crippen LogP contribution >= 0.6 is 0 Å². The molecule has 0 unspecified atom stereocenters. The van der Waals surface area contributed by atoms with Crippen molar-refractivity contribution in [1.29, 1.82) is 0 Å². The molecule has 1 aromatic heterocycles. The lowest BCUT2D eigenvalue weighted by atomic mass is 10.1. The molecule has 0 aliphatic heterocycles. The number of ether oxygens (including phenoxy) is 2. The lowest BCUT2D eigenvalue weighted by Gasteiger charge is -2.30. The predicted molar refractivity (Wildman–Crippen MR) is 150 cm³/mol. The number of amides is 2. The van der Waals surface area contributed by atoms with Gasteiger partial charge in [0.2, 0.25) is 5.91 Å². The SMILES string of the molecule is COc1ccc(C(=O)N(CC(=O)N(CCc2c[nH]c3ccccc23)Cc2ccccc2)C(C)C)c(OC)c1. The van der Waals surface area contributed by atoms with Gasteiger partial charge in [-0.2, -0.15) is 0 Å². The first-order chi connectivity index (χ1) is 18.4. The van der Waals surface area contributed by atoms with Crippen LogP contribution in [0.25, 0.3) is 10.9 Å². The maximum Gasteiger partial charge on any atom is 0.258 e. The number of carbonyl (C=O) groups excluding carboxylic acids is 2. The van der Waals surface area contributed by atoms with Crippen molar-refractivity contribution in [3.63, 3.8) is 0 Å². The summed E-state index contributed by atoms with van der Waals surface area (Å²) < 4.78 is 10.7. The third kappa shape index (κ3) is 6.17. The lowest BCUT2D eigenvalue weighted by Crippen LogP contribution is -2.46. The third-order valence-electron chi connectivity index (χ3n) is 6.72. The fourth-order valence-electron chi connectivity index (χ4n) is 4.55. The van der Waals surface area contributed by atoms with Crippen molar-refractivity contribution in [3.05, 3.63) is 95.7 Å². The lowest BCUT2D eigenvalue weighted by molar-refractivity contribution is -0.132. The van der Waals surface area contributed by atoms with Crippen LogP contribution in [0.5, 0.6) is 11.5 Å². The van der Waals surface area contributed by atoms with Gasteiger partial charge in [-0.3, -0.25) is 9.59 Å². The monoisotopic (exact) mass is 513 g/mol. The van der Waals surface area contributed by atoms with Gasteiger partial charge in [0.1, 0.15) is 18.0 Å². The molecule has 1 N–H and O–H groups in total. The number of H-pyrrole nitrogens is 1. The number of hydrogen-bond acceptors (Lipinski definition) is 4. The van der Waals surface area contributed by atoms with Crippen molar-refractivity contribution in [2.75, 3.05) is 27.3 Å². The van der Waals surface area contributed by atoms with E-state index < -0.39 is 0 Å². The standard InChI is InChI=1S/C31H35N3O4/c1-22(2)34(31(36)27-15-14-25(37-3)18-29(27)38-4)21-30(35)33(20-23-10-6-5-7-11-23)17-16-24-19-32-28-13-9-8-12-26(24)28/h5-15,18-19,22,32H,16-17,20-21H2,1-4H3. The van der Waals surface area contributed by atoms with Gasteiger partial charge >= 0.3 is 0 Å². The van der Waals surface area contributed by atoms with E-state index in [0.717, 1.165) is 22.0 Å². The van der Waals surface area contributed by atoms with Crippen LogP contribution in [-0.4, -0.2) is 59.9 Å². The van der Waals surface area contributed by atoms with E-state index in [2.05, 4.69) is 11.1 Å². The molecule has 7 heteroatoms. The number of hydrogen-bond donors (Lipinski definition) is 1.